The lowest BCUT2D eigenvalue weighted by molar-refractivity contribution is -0.144. The first-order valence-electron chi connectivity index (χ1n) is 4.43. The van der Waals surface area contributed by atoms with Crippen LogP contribution in [-0.4, -0.2) is 22.0 Å². The van der Waals surface area contributed by atoms with E-state index in [2.05, 4.69) is 0 Å². The average molecular weight is 208 g/mol. The highest BCUT2D eigenvalue weighted by molar-refractivity contribution is 6.12. The van der Waals surface area contributed by atoms with E-state index in [1.807, 2.05) is 0 Å². The van der Waals surface area contributed by atoms with Gasteiger partial charge in [0.2, 0.25) is 0 Å². The molecule has 1 aromatic rings. The van der Waals surface area contributed by atoms with Crippen molar-refractivity contribution in [3.63, 3.8) is 0 Å². The Kier molecular flexibility index (Phi) is 2.79. The van der Waals surface area contributed by atoms with E-state index in [-0.39, 0.29) is 11.3 Å². The van der Waals surface area contributed by atoms with Gasteiger partial charge in [0.1, 0.15) is 11.2 Å². The van der Waals surface area contributed by atoms with Gasteiger partial charge in [0, 0.05) is 0 Å². The first-order chi connectivity index (χ1) is 6.87. The molecule has 2 N–H and O–H groups in total. The van der Waals surface area contributed by atoms with E-state index in [1.165, 1.54) is 26.0 Å². The van der Waals surface area contributed by atoms with E-state index in [1.54, 1.807) is 12.1 Å². The molecule has 0 radical (unpaired) electrons. The highest BCUT2D eigenvalue weighted by atomic mass is 16.4. The van der Waals surface area contributed by atoms with Crippen molar-refractivity contribution in [3.05, 3.63) is 29.8 Å². The third kappa shape index (κ3) is 1.98. The van der Waals surface area contributed by atoms with Gasteiger partial charge in [-0.3, -0.25) is 9.59 Å². The SMILES string of the molecule is CC(C)(C(=O)O)C(=O)c1ccccc1O. The van der Waals surface area contributed by atoms with Gasteiger partial charge in [-0.2, -0.15) is 0 Å². The predicted octanol–water partition coefficient (Wildman–Crippen LogP) is 1.69. The van der Waals surface area contributed by atoms with Crippen molar-refractivity contribution in [3.8, 4) is 5.75 Å². The van der Waals surface area contributed by atoms with Gasteiger partial charge < -0.3 is 10.2 Å². The molecule has 0 unspecified atom stereocenters. The number of rotatable bonds is 3. The lowest BCUT2D eigenvalue weighted by Gasteiger charge is -2.17. The third-order valence-electron chi connectivity index (χ3n) is 2.25. The van der Waals surface area contributed by atoms with Gasteiger partial charge in [0.05, 0.1) is 5.56 Å². The summed E-state index contributed by atoms with van der Waals surface area (Å²) in [5.74, 6) is -2.01. The second-order valence-electron chi connectivity index (χ2n) is 3.78. The normalized spacial score (nSPS) is 11.1. The van der Waals surface area contributed by atoms with Crippen molar-refractivity contribution >= 4 is 11.8 Å². The first kappa shape index (κ1) is 11.2. The number of hydrogen-bond acceptors (Lipinski definition) is 3. The molecular formula is C11H12O4. The van der Waals surface area contributed by atoms with Crippen molar-refractivity contribution in [1.82, 2.24) is 0 Å². The monoisotopic (exact) mass is 208 g/mol. The zero-order valence-electron chi connectivity index (χ0n) is 8.52. The number of carboxylic acids is 1. The van der Waals surface area contributed by atoms with Gasteiger partial charge in [0.15, 0.2) is 5.78 Å². The van der Waals surface area contributed by atoms with E-state index in [9.17, 15) is 14.7 Å². The Morgan fingerprint density at radius 2 is 1.73 bits per heavy atom. The van der Waals surface area contributed by atoms with Gasteiger partial charge in [0.25, 0.3) is 0 Å². The van der Waals surface area contributed by atoms with Crippen molar-refractivity contribution in [1.29, 1.82) is 0 Å². The molecule has 0 aliphatic rings. The fourth-order valence-corrected chi connectivity index (χ4v) is 1.10. The lowest BCUT2D eigenvalue weighted by atomic mass is 9.84. The highest BCUT2D eigenvalue weighted by Crippen LogP contribution is 2.27. The third-order valence-corrected chi connectivity index (χ3v) is 2.25. The molecule has 4 heteroatoms. The van der Waals surface area contributed by atoms with Crippen molar-refractivity contribution < 1.29 is 19.8 Å². The smallest absolute Gasteiger partial charge is 0.317 e. The minimum Gasteiger partial charge on any atom is -0.507 e. The lowest BCUT2D eigenvalue weighted by Crippen LogP contribution is -2.33. The number of ketones is 1. The second-order valence-corrected chi connectivity index (χ2v) is 3.78. The summed E-state index contributed by atoms with van der Waals surface area (Å²) in [7, 11) is 0. The van der Waals surface area contributed by atoms with Crippen LogP contribution in [0.3, 0.4) is 0 Å². The number of phenols is 1. The van der Waals surface area contributed by atoms with E-state index >= 15 is 0 Å². The molecule has 0 fully saturated rings. The summed E-state index contributed by atoms with van der Waals surface area (Å²) in [5, 5.41) is 18.3. The van der Waals surface area contributed by atoms with Crippen LogP contribution in [-0.2, 0) is 4.79 Å². The summed E-state index contributed by atoms with van der Waals surface area (Å²) in [5.41, 5.74) is -1.50. The van der Waals surface area contributed by atoms with E-state index in [0.717, 1.165) is 0 Å². The zero-order chi connectivity index (χ0) is 11.6. The summed E-state index contributed by atoms with van der Waals surface area (Å²) in [6.07, 6.45) is 0. The molecule has 1 aromatic carbocycles. The van der Waals surface area contributed by atoms with Crippen LogP contribution in [0.5, 0.6) is 5.75 Å². The Hall–Kier alpha value is -1.84. The largest absolute Gasteiger partial charge is 0.507 e. The molecule has 0 saturated heterocycles. The van der Waals surface area contributed by atoms with Crippen molar-refractivity contribution in [2.45, 2.75) is 13.8 Å². The highest BCUT2D eigenvalue weighted by Gasteiger charge is 2.37. The number of para-hydroxylation sites is 1. The number of aromatic hydroxyl groups is 1. The van der Waals surface area contributed by atoms with Crippen LogP contribution >= 0.6 is 0 Å². The average Bonchev–Trinajstić information content (AvgIpc) is 2.17. The number of hydrogen-bond donors (Lipinski definition) is 2. The number of aliphatic carboxylic acids is 1. The Bertz CT molecular complexity index is 407. The number of phenolic OH excluding ortho intramolecular Hbond substituents is 1. The Morgan fingerprint density at radius 3 is 2.20 bits per heavy atom. The summed E-state index contributed by atoms with van der Waals surface area (Å²) < 4.78 is 0. The molecule has 0 aliphatic carbocycles. The maximum absolute atomic E-state index is 11.8. The number of benzene rings is 1. The minimum absolute atomic E-state index is 0.0323. The summed E-state index contributed by atoms with van der Waals surface area (Å²) in [4.78, 5) is 22.6. The zero-order valence-corrected chi connectivity index (χ0v) is 8.52. The molecule has 0 spiro atoms. The quantitative estimate of drug-likeness (QED) is 0.585. The molecule has 0 amide bonds. The van der Waals surface area contributed by atoms with Crippen molar-refractivity contribution in [2.75, 3.05) is 0 Å². The molecule has 0 aromatic heterocycles. The molecule has 4 nitrogen and oxygen atoms in total. The van der Waals surface area contributed by atoms with Crippen LogP contribution in [0.4, 0.5) is 0 Å². The minimum atomic E-state index is -1.53. The summed E-state index contributed by atoms with van der Waals surface area (Å²) >= 11 is 0. The number of carboxylic acid groups (broad SMARTS) is 1. The van der Waals surface area contributed by atoms with Gasteiger partial charge in [-0.15, -0.1) is 0 Å². The summed E-state index contributed by atoms with van der Waals surface area (Å²) in [6, 6.07) is 5.90. The topological polar surface area (TPSA) is 74.6 Å². The molecule has 15 heavy (non-hydrogen) atoms. The van der Waals surface area contributed by atoms with Crippen LogP contribution in [0, 0.1) is 5.41 Å². The van der Waals surface area contributed by atoms with Gasteiger partial charge in [-0.1, -0.05) is 12.1 Å². The van der Waals surface area contributed by atoms with Crippen LogP contribution in [0.15, 0.2) is 24.3 Å². The fourth-order valence-electron chi connectivity index (χ4n) is 1.10. The molecule has 80 valence electrons. The van der Waals surface area contributed by atoms with Crippen LogP contribution in [0.1, 0.15) is 24.2 Å². The second kappa shape index (κ2) is 3.73. The number of Topliss-reactive ketones (excluding diaryl/α,β-unsaturated/α-hetero) is 1. The van der Waals surface area contributed by atoms with Crippen molar-refractivity contribution in [2.24, 2.45) is 5.41 Å². The maximum Gasteiger partial charge on any atom is 0.317 e. The van der Waals surface area contributed by atoms with E-state index < -0.39 is 17.2 Å². The molecule has 0 heterocycles. The molecular weight excluding hydrogens is 196 g/mol. The van der Waals surface area contributed by atoms with E-state index in [4.69, 9.17) is 5.11 Å². The van der Waals surface area contributed by atoms with Gasteiger partial charge >= 0.3 is 5.97 Å². The van der Waals surface area contributed by atoms with Crippen LogP contribution in [0.25, 0.3) is 0 Å². The number of carbonyl (C=O) groups excluding carboxylic acids is 1. The summed E-state index contributed by atoms with van der Waals surface area (Å²) in [6.45, 7) is 2.62. The van der Waals surface area contributed by atoms with Gasteiger partial charge in [-0.25, -0.2) is 0 Å². The Balaban J connectivity index is 3.16. The Labute approximate surface area is 87.2 Å². The molecule has 0 bridgehead atoms. The molecule has 1 rings (SSSR count). The number of carbonyl (C=O) groups is 2. The first-order valence-corrected chi connectivity index (χ1v) is 4.43. The van der Waals surface area contributed by atoms with Crippen LogP contribution in [0.2, 0.25) is 0 Å². The maximum atomic E-state index is 11.8. The predicted molar refractivity (Wildman–Crippen MR) is 53.9 cm³/mol. The molecule has 0 aliphatic heterocycles. The Morgan fingerprint density at radius 1 is 1.20 bits per heavy atom. The van der Waals surface area contributed by atoms with Gasteiger partial charge in [-0.05, 0) is 26.0 Å². The standard InChI is InChI=1S/C11H12O4/c1-11(2,10(14)15)9(13)7-5-3-4-6-8(7)12/h3-6,12H,1-2H3,(H,14,15). The van der Waals surface area contributed by atoms with E-state index in [0.29, 0.717) is 0 Å². The molecule has 0 saturated carbocycles. The molecule has 0 atom stereocenters. The van der Waals surface area contributed by atoms with Crippen LogP contribution < -0.4 is 0 Å². The fraction of sp³-hybridized carbons (Fsp3) is 0.273.